The van der Waals surface area contributed by atoms with Crippen molar-refractivity contribution in [2.45, 2.75) is 0 Å². The summed E-state index contributed by atoms with van der Waals surface area (Å²) in [6, 6.07) is 10.6. The van der Waals surface area contributed by atoms with Gasteiger partial charge in [0.1, 0.15) is 0 Å². The van der Waals surface area contributed by atoms with Gasteiger partial charge in [-0.3, -0.25) is 0 Å². The predicted octanol–water partition coefficient (Wildman–Crippen LogP) is 5.90. The number of hydrogen-bond acceptors (Lipinski definition) is 0. The fraction of sp³-hybridized carbons (Fsp3) is 0. The molecule has 0 bridgehead atoms. The molecule has 2 aromatic carbocycles. The second-order valence-electron chi connectivity index (χ2n) is 3.42. The van der Waals surface area contributed by atoms with Gasteiger partial charge in [0.2, 0.25) is 0 Å². The van der Waals surface area contributed by atoms with E-state index in [-0.39, 0.29) is 0 Å². The van der Waals surface area contributed by atoms with E-state index in [4.69, 9.17) is 46.4 Å². The summed E-state index contributed by atoms with van der Waals surface area (Å²) in [5.74, 6) is 0. The monoisotopic (exact) mass is 303 g/mol. The molecular weight excluding hydrogens is 298 g/mol. The van der Waals surface area contributed by atoms with Crippen LogP contribution in [0.5, 0.6) is 0 Å². The van der Waals surface area contributed by atoms with Crippen LogP contribution in [0.25, 0.3) is 0 Å². The SMILES string of the molecule is Clc1cccc(Cl)c1[CH]c1c(Cl)cccc1Cl. The largest absolute Gasteiger partial charge is 0.0840 e. The molecule has 0 aliphatic carbocycles. The molecule has 0 nitrogen and oxygen atoms in total. The summed E-state index contributed by atoms with van der Waals surface area (Å²) < 4.78 is 0. The average molecular weight is 305 g/mol. The highest BCUT2D eigenvalue weighted by Gasteiger charge is 2.11. The van der Waals surface area contributed by atoms with Gasteiger partial charge < -0.3 is 0 Å². The van der Waals surface area contributed by atoms with E-state index >= 15 is 0 Å². The van der Waals surface area contributed by atoms with Crippen LogP contribution in [0.4, 0.5) is 0 Å². The first-order valence-electron chi connectivity index (χ1n) is 4.82. The smallest absolute Gasteiger partial charge is 0.0459 e. The first-order chi connectivity index (χ1) is 8.09. The topological polar surface area (TPSA) is 0 Å². The van der Waals surface area contributed by atoms with Gasteiger partial charge in [0.25, 0.3) is 0 Å². The maximum absolute atomic E-state index is 6.08. The maximum Gasteiger partial charge on any atom is 0.0459 e. The van der Waals surface area contributed by atoms with Gasteiger partial charge in [0.05, 0.1) is 0 Å². The molecule has 0 saturated heterocycles. The third kappa shape index (κ3) is 2.89. The molecule has 0 atom stereocenters. The highest BCUT2D eigenvalue weighted by Crippen LogP contribution is 2.33. The third-order valence-electron chi connectivity index (χ3n) is 2.29. The molecule has 0 fully saturated rings. The van der Waals surface area contributed by atoms with Crippen LogP contribution in [-0.4, -0.2) is 0 Å². The van der Waals surface area contributed by atoms with Crippen LogP contribution in [0.3, 0.4) is 0 Å². The van der Waals surface area contributed by atoms with Gasteiger partial charge in [-0.15, -0.1) is 0 Å². The Morgan fingerprint density at radius 2 is 0.882 bits per heavy atom. The Balaban J connectivity index is 2.45. The lowest BCUT2D eigenvalue weighted by atomic mass is 10.0. The van der Waals surface area contributed by atoms with Crippen molar-refractivity contribution in [3.63, 3.8) is 0 Å². The molecule has 0 aliphatic rings. The zero-order valence-electron chi connectivity index (χ0n) is 8.55. The normalized spacial score (nSPS) is 10.6. The Hall–Kier alpha value is -0.400. The maximum atomic E-state index is 6.08. The third-order valence-corrected chi connectivity index (χ3v) is 3.61. The summed E-state index contributed by atoms with van der Waals surface area (Å²) in [6.45, 7) is 0. The van der Waals surface area contributed by atoms with E-state index in [9.17, 15) is 0 Å². The van der Waals surface area contributed by atoms with Gasteiger partial charge in [-0.05, 0) is 35.4 Å². The average Bonchev–Trinajstić information content (AvgIpc) is 2.27. The number of benzene rings is 2. The molecule has 0 N–H and O–H groups in total. The van der Waals surface area contributed by atoms with Crippen molar-refractivity contribution < 1.29 is 0 Å². The lowest BCUT2D eigenvalue weighted by Crippen LogP contribution is -1.90. The zero-order valence-corrected chi connectivity index (χ0v) is 11.6. The lowest BCUT2D eigenvalue weighted by molar-refractivity contribution is 1.43. The van der Waals surface area contributed by atoms with E-state index in [1.54, 1.807) is 42.8 Å². The van der Waals surface area contributed by atoms with Gasteiger partial charge in [-0.2, -0.15) is 0 Å². The van der Waals surface area contributed by atoms with Crippen LogP contribution in [0.2, 0.25) is 20.1 Å². The molecular formula is C13H7Cl4. The Labute approximate surface area is 120 Å². The van der Waals surface area contributed by atoms with E-state index in [1.807, 2.05) is 0 Å². The fourth-order valence-corrected chi connectivity index (χ4v) is 2.45. The summed E-state index contributed by atoms with van der Waals surface area (Å²) in [4.78, 5) is 0. The van der Waals surface area contributed by atoms with Gasteiger partial charge in [-0.25, -0.2) is 0 Å². The van der Waals surface area contributed by atoms with Gasteiger partial charge >= 0.3 is 0 Å². The van der Waals surface area contributed by atoms with Crippen LogP contribution in [0.1, 0.15) is 11.1 Å². The van der Waals surface area contributed by atoms with Crippen molar-refractivity contribution in [1.82, 2.24) is 0 Å². The van der Waals surface area contributed by atoms with Gasteiger partial charge in [0.15, 0.2) is 0 Å². The standard InChI is InChI=1S/C13H7Cl4/c14-10-3-1-4-11(15)8(10)7-9-12(16)5-2-6-13(9)17/h1-7H. The van der Waals surface area contributed by atoms with Crippen molar-refractivity contribution in [2.75, 3.05) is 0 Å². The molecule has 0 heterocycles. The summed E-state index contributed by atoms with van der Waals surface area (Å²) >= 11 is 24.3. The minimum Gasteiger partial charge on any atom is -0.0840 e. The molecule has 1 radical (unpaired) electrons. The van der Waals surface area contributed by atoms with Crippen molar-refractivity contribution >= 4 is 46.4 Å². The van der Waals surface area contributed by atoms with Crippen molar-refractivity contribution in [1.29, 1.82) is 0 Å². The number of rotatable bonds is 2. The molecule has 0 spiro atoms. The molecule has 2 aromatic rings. The first-order valence-corrected chi connectivity index (χ1v) is 6.33. The van der Waals surface area contributed by atoms with Crippen molar-refractivity contribution in [2.24, 2.45) is 0 Å². The molecule has 0 amide bonds. The van der Waals surface area contributed by atoms with Gasteiger partial charge in [-0.1, -0.05) is 58.5 Å². The first kappa shape index (κ1) is 13.0. The van der Waals surface area contributed by atoms with Crippen LogP contribution in [0, 0.1) is 6.42 Å². The lowest BCUT2D eigenvalue weighted by Gasteiger charge is -2.09. The molecule has 2 rings (SSSR count). The zero-order chi connectivity index (χ0) is 12.4. The quantitative estimate of drug-likeness (QED) is 0.648. The van der Waals surface area contributed by atoms with E-state index in [0.29, 0.717) is 31.2 Å². The highest BCUT2D eigenvalue weighted by molar-refractivity contribution is 6.38. The van der Waals surface area contributed by atoms with Crippen LogP contribution < -0.4 is 0 Å². The second-order valence-corrected chi connectivity index (χ2v) is 5.04. The molecule has 4 heteroatoms. The number of halogens is 4. The Morgan fingerprint density at radius 1 is 0.588 bits per heavy atom. The minimum atomic E-state index is 0.563. The summed E-state index contributed by atoms with van der Waals surface area (Å²) in [5, 5.41) is 2.25. The van der Waals surface area contributed by atoms with Crippen LogP contribution >= 0.6 is 46.4 Å². The molecule has 0 unspecified atom stereocenters. The van der Waals surface area contributed by atoms with Crippen LogP contribution in [-0.2, 0) is 0 Å². The molecule has 17 heavy (non-hydrogen) atoms. The summed E-state index contributed by atoms with van der Waals surface area (Å²) in [6.07, 6.45) is 1.79. The predicted molar refractivity (Wildman–Crippen MR) is 75.4 cm³/mol. The molecule has 87 valence electrons. The minimum absolute atomic E-state index is 0.563. The van der Waals surface area contributed by atoms with E-state index in [2.05, 4.69) is 0 Å². The van der Waals surface area contributed by atoms with Crippen molar-refractivity contribution in [3.8, 4) is 0 Å². The molecule has 0 aliphatic heterocycles. The Kier molecular flexibility index (Phi) is 4.22. The second kappa shape index (κ2) is 5.49. The van der Waals surface area contributed by atoms with E-state index in [1.165, 1.54) is 0 Å². The molecule has 0 aromatic heterocycles. The van der Waals surface area contributed by atoms with Gasteiger partial charge in [0, 0.05) is 26.5 Å². The summed E-state index contributed by atoms with van der Waals surface area (Å²) in [7, 11) is 0. The Bertz CT molecular complexity index is 459. The number of hydrogen-bond donors (Lipinski definition) is 0. The fourth-order valence-electron chi connectivity index (χ4n) is 1.44. The Morgan fingerprint density at radius 3 is 1.18 bits per heavy atom. The van der Waals surface area contributed by atoms with Crippen molar-refractivity contribution in [3.05, 3.63) is 74.0 Å². The van der Waals surface area contributed by atoms with E-state index in [0.717, 1.165) is 0 Å². The summed E-state index contributed by atoms with van der Waals surface area (Å²) in [5.41, 5.74) is 1.43. The van der Waals surface area contributed by atoms with E-state index < -0.39 is 0 Å². The highest BCUT2D eigenvalue weighted by atomic mass is 35.5. The molecule has 0 saturated carbocycles. The van der Waals surface area contributed by atoms with Crippen LogP contribution in [0.15, 0.2) is 36.4 Å².